The summed E-state index contributed by atoms with van der Waals surface area (Å²) in [6.45, 7) is 0. The molecule has 10 heteroatoms. The smallest absolute Gasteiger partial charge is 0.417 e. The number of carboxylic acids is 1. The SMILES string of the molecule is O=C(O)c1nnn(-c2ccc(Cl)c(C(F)(F)F)c2)c1-c1ccncc1. The second-order valence-electron chi connectivity index (χ2n) is 4.90. The maximum absolute atomic E-state index is 13.1. The monoisotopic (exact) mass is 368 g/mol. The van der Waals surface area contributed by atoms with Crippen LogP contribution in [0.2, 0.25) is 5.02 Å². The average molecular weight is 369 g/mol. The highest BCUT2D eigenvalue weighted by Gasteiger charge is 2.34. The summed E-state index contributed by atoms with van der Waals surface area (Å²) < 4.78 is 40.2. The van der Waals surface area contributed by atoms with Crippen LogP contribution in [0.1, 0.15) is 16.1 Å². The van der Waals surface area contributed by atoms with Crippen molar-refractivity contribution in [2.24, 2.45) is 0 Å². The van der Waals surface area contributed by atoms with Gasteiger partial charge in [-0.2, -0.15) is 13.2 Å². The molecule has 1 aromatic carbocycles. The molecule has 0 radical (unpaired) electrons. The van der Waals surface area contributed by atoms with Gasteiger partial charge in [-0.15, -0.1) is 5.10 Å². The molecule has 0 amide bonds. The second kappa shape index (κ2) is 6.17. The van der Waals surface area contributed by atoms with Crippen molar-refractivity contribution < 1.29 is 23.1 Å². The summed E-state index contributed by atoms with van der Waals surface area (Å²) in [6.07, 6.45) is -1.83. The summed E-state index contributed by atoms with van der Waals surface area (Å²) in [5.74, 6) is -1.36. The van der Waals surface area contributed by atoms with Gasteiger partial charge in [-0.1, -0.05) is 16.8 Å². The highest BCUT2D eigenvalue weighted by atomic mass is 35.5. The summed E-state index contributed by atoms with van der Waals surface area (Å²) in [6, 6.07) is 6.15. The molecular formula is C15H8ClF3N4O2. The highest BCUT2D eigenvalue weighted by molar-refractivity contribution is 6.31. The van der Waals surface area contributed by atoms with Gasteiger partial charge < -0.3 is 5.11 Å². The highest BCUT2D eigenvalue weighted by Crippen LogP contribution is 2.36. The number of aromatic nitrogens is 4. The number of carboxylic acid groups (broad SMARTS) is 1. The van der Waals surface area contributed by atoms with Crippen molar-refractivity contribution in [1.29, 1.82) is 0 Å². The fourth-order valence-electron chi connectivity index (χ4n) is 2.24. The summed E-state index contributed by atoms with van der Waals surface area (Å²) in [5.41, 5.74) is -1.05. The Morgan fingerprint density at radius 1 is 1.16 bits per heavy atom. The third kappa shape index (κ3) is 3.18. The zero-order chi connectivity index (χ0) is 18.2. The normalized spacial score (nSPS) is 11.5. The molecule has 0 unspecified atom stereocenters. The van der Waals surface area contributed by atoms with Crippen LogP contribution in [0.3, 0.4) is 0 Å². The van der Waals surface area contributed by atoms with Gasteiger partial charge in [0.25, 0.3) is 0 Å². The molecule has 3 aromatic rings. The maximum Gasteiger partial charge on any atom is 0.417 e. The Morgan fingerprint density at radius 2 is 1.84 bits per heavy atom. The van der Waals surface area contributed by atoms with Crippen LogP contribution in [-0.2, 0) is 6.18 Å². The average Bonchev–Trinajstić information content (AvgIpc) is 3.00. The predicted molar refractivity (Wildman–Crippen MR) is 81.6 cm³/mol. The molecule has 0 aliphatic rings. The fraction of sp³-hybridized carbons (Fsp3) is 0.0667. The zero-order valence-electron chi connectivity index (χ0n) is 12.2. The first-order valence-electron chi connectivity index (χ1n) is 6.75. The summed E-state index contributed by atoms with van der Waals surface area (Å²) in [7, 11) is 0. The number of carbonyl (C=O) groups is 1. The predicted octanol–water partition coefficient (Wildman–Crippen LogP) is 3.70. The van der Waals surface area contributed by atoms with E-state index in [0.29, 0.717) is 5.56 Å². The van der Waals surface area contributed by atoms with E-state index in [-0.39, 0.29) is 11.4 Å². The minimum atomic E-state index is -4.67. The van der Waals surface area contributed by atoms with Crippen LogP contribution < -0.4 is 0 Å². The molecular weight excluding hydrogens is 361 g/mol. The van der Waals surface area contributed by atoms with Crippen LogP contribution in [-0.4, -0.2) is 31.1 Å². The minimum Gasteiger partial charge on any atom is -0.476 e. The molecule has 2 aromatic heterocycles. The molecule has 0 spiro atoms. The topological polar surface area (TPSA) is 80.9 Å². The Morgan fingerprint density at radius 3 is 2.44 bits per heavy atom. The minimum absolute atomic E-state index is 0.0245. The van der Waals surface area contributed by atoms with E-state index >= 15 is 0 Å². The maximum atomic E-state index is 13.1. The van der Waals surface area contributed by atoms with Gasteiger partial charge >= 0.3 is 12.1 Å². The quantitative estimate of drug-likeness (QED) is 0.762. The standard InChI is InChI=1S/C15H8ClF3N4O2/c16-11-2-1-9(7-10(11)15(17,18)19)23-13(8-3-5-20-6-4-8)12(14(24)25)21-22-23/h1-7H,(H,24,25). The van der Waals surface area contributed by atoms with Crippen LogP contribution >= 0.6 is 11.6 Å². The van der Waals surface area contributed by atoms with E-state index in [1.807, 2.05) is 0 Å². The molecule has 0 saturated heterocycles. The lowest BCUT2D eigenvalue weighted by atomic mass is 10.1. The van der Waals surface area contributed by atoms with E-state index in [1.54, 1.807) is 0 Å². The molecule has 6 nitrogen and oxygen atoms in total. The Bertz CT molecular complexity index is 942. The van der Waals surface area contributed by atoms with Gasteiger partial charge in [0.15, 0.2) is 5.69 Å². The van der Waals surface area contributed by atoms with Crippen molar-refractivity contribution in [2.75, 3.05) is 0 Å². The molecule has 1 N–H and O–H groups in total. The van der Waals surface area contributed by atoms with Crippen LogP contribution in [0.25, 0.3) is 16.9 Å². The Labute approximate surface area is 143 Å². The molecule has 128 valence electrons. The summed E-state index contributed by atoms with van der Waals surface area (Å²) >= 11 is 5.61. The summed E-state index contributed by atoms with van der Waals surface area (Å²) in [4.78, 5) is 15.2. The lowest BCUT2D eigenvalue weighted by Gasteiger charge is -2.12. The molecule has 2 heterocycles. The fourth-order valence-corrected chi connectivity index (χ4v) is 2.46. The van der Waals surface area contributed by atoms with Gasteiger partial charge in [0.05, 0.1) is 16.3 Å². The number of benzene rings is 1. The van der Waals surface area contributed by atoms with Gasteiger partial charge in [0.2, 0.25) is 0 Å². The van der Waals surface area contributed by atoms with E-state index in [0.717, 1.165) is 16.8 Å². The third-order valence-electron chi connectivity index (χ3n) is 3.33. The van der Waals surface area contributed by atoms with Crippen molar-refractivity contribution in [3.63, 3.8) is 0 Å². The molecule has 0 fully saturated rings. The van der Waals surface area contributed by atoms with Crippen LogP contribution in [0.4, 0.5) is 13.2 Å². The van der Waals surface area contributed by atoms with Crippen molar-refractivity contribution in [1.82, 2.24) is 20.0 Å². The number of pyridine rings is 1. The first-order valence-corrected chi connectivity index (χ1v) is 7.13. The van der Waals surface area contributed by atoms with Crippen LogP contribution in [0.15, 0.2) is 42.7 Å². The van der Waals surface area contributed by atoms with Gasteiger partial charge in [-0.25, -0.2) is 9.48 Å². The van der Waals surface area contributed by atoms with Crippen molar-refractivity contribution in [3.05, 3.63) is 59.0 Å². The van der Waals surface area contributed by atoms with Gasteiger partial charge in [-0.05, 0) is 30.3 Å². The van der Waals surface area contributed by atoms with Crippen molar-refractivity contribution >= 4 is 17.6 Å². The first-order chi connectivity index (χ1) is 11.8. The van der Waals surface area contributed by atoms with Gasteiger partial charge in [0, 0.05) is 18.0 Å². The molecule has 3 rings (SSSR count). The molecule has 0 atom stereocenters. The van der Waals surface area contributed by atoms with E-state index in [1.165, 1.54) is 30.6 Å². The van der Waals surface area contributed by atoms with E-state index < -0.39 is 28.4 Å². The number of alkyl halides is 3. The van der Waals surface area contributed by atoms with Crippen LogP contribution in [0.5, 0.6) is 0 Å². The van der Waals surface area contributed by atoms with Crippen molar-refractivity contribution in [3.8, 4) is 16.9 Å². The molecule has 0 aliphatic heterocycles. The second-order valence-corrected chi connectivity index (χ2v) is 5.31. The number of hydrogen-bond acceptors (Lipinski definition) is 4. The van der Waals surface area contributed by atoms with E-state index in [2.05, 4.69) is 15.3 Å². The number of aromatic carboxylic acids is 1. The first kappa shape index (κ1) is 16.9. The Balaban J connectivity index is 2.24. The Hall–Kier alpha value is -2.94. The van der Waals surface area contributed by atoms with E-state index in [4.69, 9.17) is 11.6 Å². The number of rotatable bonds is 3. The zero-order valence-corrected chi connectivity index (χ0v) is 13.0. The lowest BCUT2D eigenvalue weighted by molar-refractivity contribution is -0.137. The summed E-state index contributed by atoms with van der Waals surface area (Å²) in [5, 5.41) is 16.1. The van der Waals surface area contributed by atoms with Gasteiger partial charge in [-0.3, -0.25) is 4.98 Å². The molecule has 0 bridgehead atoms. The van der Waals surface area contributed by atoms with Crippen LogP contribution in [0, 0.1) is 0 Å². The van der Waals surface area contributed by atoms with Gasteiger partial charge in [0.1, 0.15) is 5.69 Å². The number of hydrogen-bond donors (Lipinski definition) is 1. The molecule has 0 aliphatic carbocycles. The molecule has 25 heavy (non-hydrogen) atoms. The molecule has 0 saturated carbocycles. The van der Waals surface area contributed by atoms with Crippen molar-refractivity contribution in [2.45, 2.75) is 6.18 Å². The largest absolute Gasteiger partial charge is 0.476 e. The number of nitrogens with zero attached hydrogens (tertiary/aromatic N) is 4. The Kier molecular flexibility index (Phi) is 4.17. The lowest BCUT2D eigenvalue weighted by Crippen LogP contribution is -2.09. The number of halogens is 4. The van der Waals surface area contributed by atoms with E-state index in [9.17, 15) is 23.1 Å². The third-order valence-corrected chi connectivity index (χ3v) is 3.66.